The Morgan fingerprint density at radius 1 is 1.05 bits per heavy atom. The molecule has 38 heavy (non-hydrogen) atoms. The Hall–Kier alpha value is -4.22. The zero-order chi connectivity index (χ0) is 26.9. The minimum atomic E-state index is -4.46. The number of aliphatic hydroxyl groups excluding tert-OH is 1. The SMILES string of the molecule is O=c1cc(-c2nn(-c3ccc(C(F)(F)F)cc3)c3c(Cl)cccc23)ccn1Cc1ccnc(NCCO)n1. The molecule has 0 spiro atoms. The van der Waals surface area contributed by atoms with Crippen molar-refractivity contribution in [2.24, 2.45) is 0 Å². The van der Waals surface area contributed by atoms with Crippen molar-refractivity contribution in [3.05, 3.63) is 99.7 Å². The zero-order valence-electron chi connectivity index (χ0n) is 19.7. The van der Waals surface area contributed by atoms with E-state index in [1.165, 1.54) is 27.4 Å². The number of anilines is 1. The van der Waals surface area contributed by atoms with Gasteiger partial charge in [-0.15, -0.1) is 0 Å². The summed E-state index contributed by atoms with van der Waals surface area (Å²) >= 11 is 6.47. The van der Waals surface area contributed by atoms with Crippen molar-refractivity contribution in [2.75, 3.05) is 18.5 Å². The molecule has 3 heterocycles. The molecule has 0 aliphatic rings. The molecule has 0 saturated heterocycles. The molecule has 2 aromatic carbocycles. The van der Waals surface area contributed by atoms with Crippen LogP contribution in [0.15, 0.2) is 77.9 Å². The molecule has 2 N–H and O–H groups in total. The van der Waals surface area contributed by atoms with E-state index < -0.39 is 11.7 Å². The van der Waals surface area contributed by atoms with Crippen molar-refractivity contribution in [3.8, 4) is 16.9 Å². The Kier molecular flexibility index (Phi) is 6.87. The quantitative estimate of drug-likeness (QED) is 0.309. The number of hydrogen-bond acceptors (Lipinski definition) is 6. The second-order valence-electron chi connectivity index (χ2n) is 8.34. The smallest absolute Gasteiger partial charge is 0.395 e. The van der Waals surface area contributed by atoms with Crippen LogP contribution in [0, 0.1) is 0 Å². The number of benzene rings is 2. The highest BCUT2D eigenvalue weighted by Crippen LogP contribution is 2.35. The molecule has 0 bridgehead atoms. The average molecular weight is 541 g/mol. The number of aromatic nitrogens is 5. The van der Waals surface area contributed by atoms with Gasteiger partial charge in [0.05, 0.1) is 40.6 Å². The number of fused-ring (bicyclic) bond motifs is 1. The van der Waals surface area contributed by atoms with E-state index in [9.17, 15) is 18.0 Å². The molecular weight excluding hydrogens is 521 g/mol. The number of halogens is 4. The summed E-state index contributed by atoms with van der Waals surface area (Å²) in [7, 11) is 0. The van der Waals surface area contributed by atoms with Gasteiger partial charge in [-0.05, 0) is 42.5 Å². The van der Waals surface area contributed by atoms with Gasteiger partial charge in [0.1, 0.15) is 5.69 Å². The normalized spacial score (nSPS) is 11.7. The number of pyridine rings is 1. The summed E-state index contributed by atoms with van der Waals surface area (Å²) in [5.41, 5.74) is 1.42. The van der Waals surface area contributed by atoms with Crippen LogP contribution in [0.5, 0.6) is 0 Å². The summed E-state index contributed by atoms with van der Waals surface area (Å²) < 4.78 is 42.1. The van der Waals surface area contributed by atoms with Crippen molar-refractivity contribution in [3.63, 3.8) is 0 Å². The zero-order valence-corrected chi connectivity index (χ0v) is 20.4. The first kappa shape index (κ1) is 25.4. The van der Waals surface area contributed by atoms with Crippen LogP contribution in [-0.4, -0.2) is 42.6 Å². The van der Waals surface area contributed by atoms with Crippen molar-refractivity contribution in [2.45, 2.75) is 12.7 Å². The molecule has 3 aromatic heterocycles. The predicted octanol–water partition coefficient (Wildman–Crippen LogP) is 4.77. The van der Waals surface area contributed by atoms with Gasteiger partial charge in [-0.2, -0.15) is 18.3 Å². The highest BCUT2D eigenvalue weighted by atomic mass is 35.5. The predicted molar refractivity (Wildman–Crippen MR) is 137 cm³/mol. The fourth-order valence-electron chi connectivity index (χ4n) is 4.01. The van der Waals surface area contributed by atoms with Crippen molar-refractivity contribution in [1.29, 1.82) is 0 Å². The van der Waals surface area contributed by atoms with Crippen molar-refractivity contribution in [1.82, 2.24) is 24.3 Å². The second kappa shape index (κ2) is 10.3. The molecule has 0 aliphatic heterocycles. The Bertz CT molecular complexity index is 1660. The number of nitrogens with one attached hydrogen (secondary N) is 1. The van der Waals surface area contributed by atoms with E-state index in [4.69, 9.17) is 16.7 Å². The van der Waals surface area contributed by atoms with Gasteiger partial charge in [0.15, 0.2) is 0 Å². The number of hydrogen-bond donors (Lipinski definition) is 2. The summed E-state index contributed by atoms with van der Waals surface area (Å²) in [6, 6.07) is 14.7. The minimum absolute atomic E-state index is 0.0664. The van der Waals surface area contributed by atoms with Gasteiger partial charge in [0, 0.05) is 36.0 Å². The molecule has 0 amide bonds. The second-order valence-corrected chi connectivity index (χ2v) is 8.75. The Balaban J connectivity index is 1.51. The summed E-state index contributed by atoms with van der Waals surface area (Å²) in [6.45, 7) is 0.431. The monoisotopic (exact) mass is 540 g/mol. The molecule has 5 aromatic rings. The van der Waals surface area contributed by atoms with Crippen LogP contribution < -0.4 is 10.9 Å². The summed E-state index contributed by atoms with van der Waals surface area (Å²) in [5.74, 6) is 0.346. The van der Waals surface area contributed by atoms with Crippen molar-refractivity contribution < 1.29 is 18.3 Å². The van der Waals surface area contributed by atoms with Crippen LogP contribution >= 0.6 is 11.6 Å². The van der Waals surface area contributed by atoms with Crippen LogP contribution in [0.4, 0.5) is 19.1 Å². The lowest BCUT2D eigenvalue weighted by Gasteiger charge is -2.09. The lowest BCUT2D eigenvalue weighted by molar-refractivity contribution is -0.137. The number of para-hydroxylation sites is 1. The van der Waals surface area contributed by atoms with Crippen LogP contribution in [0.25, 0.3) is 27.8 Å². The third-order valence-electron chi connectivity index (χ3n) is 5.80. The fourth-order valence-corrected chi connectivity index (χ4v) is 4.27. The number of alkyl halides is 3. The average Bonchev–Trinajstić information content (AvgIpc) is 3.29. The van der Waals surface area contributed by atoms with Gasteiger partial charge >= 0.3 is 6.18 Å². The first-order chi connectivity index (χ1) is 18.2. The number of rotatable bonds is 7. The van der Waals surface area contributed by atoms with E-state index in [1.807, 2.05) is 0 Å². The van der Waals surface area contributed by atoms with E-state index in [0.29, 0.717) is 51.1 Å². The molecule has 8 nitrogen and oxygen atoms in total. The van der Waals surface area contributed by atoms with Gasteiger partial charge < -0.3 is 15.0 Å². The van der Waals surface area contributed by atoms with Gasteiger partial charge in [-0.25, -0.2) is 14.6 Å². The topological polar surface area (TPSA) is 97.9 Å². The van der Waals surface area contributed by atoms with E-state index in [0.717, 1.165) is 12.1 Å². The lowest BCUT2D eigenvalue weighted by Crippen LogP contribution is -2.20. The molecule has 0 fully saturated rings. The highest BCUT2D eigenvalue weighted by Gasteiger charge is 2.30. The van der Waals surface area contributed by atoms with E-state index in [2.05, 4.69) is 20.4 Å². The maximum absolute atomic E-state index is 13.0. The van der Waals surface area contributed by atoms with Crippen LogP contribution in [0.3, 0.4) is 0 Å². The van der Waals surface area contributed by atoms with Gasteiger partial charge in [0.25, 0.3) is 5.56 Å². The lowest BCUT2D eigenvalue weighted by atomic mass is 10.1. The van der Waals surface area contributed by atoms with E-state index in [1.54, 1.807) is 42.7 Å². The van der Waals surface area contributed by atoms with Gasteiger partial charge in [-0.1, -0.05) is 23.7 Å². The number of nitrogens with zero attached hydrogens (tertiary/aromatic N) is 5. The molecule has 0 saturated carbocycles. The third kappa shape index (κ3) is 5.11. The molecule has 0 atom stereocenters. The van der Waals surface area contributed by atoms with Crippen LogP contribution in [0.1, 0.15) is 11.3 Å². The number of aliphatic hydroxyl groups is 1. The molecular formula is C26H20ClF3N6O2. The van der Waals surface area contributed by atoms with Gasteiger partial charge in [-0.3, -0.25) is 4.79 Å². The third-order valence-corrected chi connectivity index (χ3v) is 6.11. The summed E-state index contributed by atoms with van der Waals surface area (Å²) in [6.07, 6.45) is -1.28. The highest BCUT2D eigenvalue weighted by molar-refractivity contribution is 6.35. The Morgan fingerprint density at radius 2 is 1.84 bits per heavy atom. The van der Waals surface area contributed by atoms with E-state index in [-0.39, 0.29) is 18.7 Å². The molecule has 0 unspecified atom stereocenters. The Morgan fingerprint density at radius 3 is 2.55 bits per heavy atom. The molecule has 12 heteroatoms. The minimum Gasteiger partial charge on any atom is -0.395 e. The Labute approximate surface area is 219 Å². The van der Waals surface area contributed by atoms with Crippen LogP contribution in [0.2, 0.25) is 5.02 Å². The van der Waals surface area contributed by atoms with Crippen LogP contribution in [-0.2, 0) is 12.7 Å². The van der Waals surface area contributed by atoms with E-state index >= 15 is 0 Å². The standard InChI is InChI=1S/C26H20ClF3N6O2/c27-21-3-1-2-20-23(34-36(24(20)21)19-6-4-17(5-7-19)26(28,29)30)16-9-12-35(22(38)14-16)15-18-8-10-31-25(33-18)32-11-13-37/h1-10,12,14,37H,11,13,15H2,(H,31,32,33). The summed E-state index contributed by atoms with van der Waals surface area (Å²) in [5, 5.41) is 17.5. The first-order valence-corrected chi connectivity index (χ1v) is 11.8. The first-order valence-electron chi connectivity index (χ1n) is 11.5. The summed E-state index contributed by atoms with van der Waals surface area (Å²) in [4.78, 5) is 21.4. The largest absolute Gasteiger partial charge is 0.416 e. The van der Waals surface area contributed by atoms with Crippen molar-refractivity contribution >= 4 is 28.5 Å². The molecule has 5 rings (SSSR count). The molecule has 0 radical (unpaired) electrons. The fraction of sp³-hybridized carbons (Fsp3) is 0.154. The van der Waals surface area contributed by atoms with Gasteiger partial charge in [0.2, 0.25) is 5.95 Å². The molecule has 194 valence electrons. The maximum Gasteiger partial charge on any atom is 0.416 e. The maximum atomic E-state index is 13.0. The molecule has 0 aliphatic carbocycles.